The van der Waals surface area contributed by atoms with Crippen LogP contribution >= 0.6 is 12.6 Å². The molecule has 1 amide bonds. The van der Waals surface area contributed by atoms with Crippen LogP contribution in [-0.2, 0) is 4.79 Å². The highest BCUT2D eigenvalue weighted by molar-refractivity contribution is 7.80. The summed E-state index contributed by atoms with van der Waals surface area (Å²) in [6.45, 7) is 0.938. The Morgan fingerprint density at radius 2 is 1.57 bits per heavy atom. The maximum atomic E-state index is 11.8. The third-order valence-corrected chi connectivity index (χ3v) is 4.00. The van der Waals surface area contributed by atoms with E-state index in [4.69, 9.17) is 0 Å². The zero-order chi connectivity index (χ0) is 16.3. The fourth-order valence-corrected chi connectivity index (χ4v) is 2.59. The molecule has 0 aliphatic heterocycles. The molecule has 0 fully saturated rings. The highest BCUT2D eigenvalue weighted by Gasteiger charge is 2.01. The number of nitrogens with one attached hydrogen (secondary N) is 2. The van der Waals surface area contributed by atoms with Gasteiger partial charge in [-0.1, -0.05) is 43.2 Å². The SMILES string of the molecule is O=C(CCCCCCNc1ccccc1S)Nc1ccccc1. The molecule has 0 bridgehead atoms. The van der Waals surface area contributed by atoms with Crippen LogP contribution in [0.15, 0.2) is 59.5 Å². The first-order chi connectivity index (χ1) is 11.3. The van der Waals surface area contributed by atoms with E-state index in [1.54, 1.807) is 0 Å². The maximum absolute atomic E-state index is 11.8. The second-order valence-corrected chi connectivity index (χ2v) is 6.00. The molecular formula is C19H24N2OS. The number of thiol groups is 1. The van der Waals surface area contributed by atoms with Crippen LogP contribution in [0.25, 0.3) is 0 Å². The lowest BCUT2D eigenvalue weighted by Crippen LogP contribution is -2.10. The summed E-state index contributed by atoms with van der Waals surface area (Å²) in [4.78, 5) is 12.8. The van der Waals surface area contributed by atoms with Crippen molar-refractivity contribution >= 4 is 29.9 Å². The minimum Gasteiger partial charge on any atom is -0.384 e. The van der Waals surface area contributed by atoms with Crippen molar-refractivity contribution in [1.82, 2.24) is 0 Å². The van der Waals surface area contributed by atoms with Crippen LogP contribution in [0.3, 0.4) is 0 Å². The van der Waals surface area contributed by atoms with E-state index in [1.807, 2.05) is 54.6 Å². The molecule has 0 atom stereocenters. The Labute approximate surface area is 143 Å². The van der Waals surface area contributed by atoms with E-state index >= 15 is 0 Å². The van der Waals surface area contributed by atoms with Gasteiger partial charge in [0, 0.05) is 29.2 Å². The molecule has 2 N–H and O–H groups in total. The lowest BCUT2D eigenvalue weighted by Gasteiger charge is -2.08. The predicted octanol–water partition coefficient (Wildman–Crippen LogP) is 4.98. The van der Waals surface area contributed by atoms with E-state index in [0.717, 1.165) is 48.5 Å². The minimum atomic E-state index is 0.0957. The van der Waals surface area contributed by atoms with Crippen LogP contribution in [0.5, 0.6) is 0 Å². The molecule has 2 aromatic rings. The van der Waals surface area contributed by atoms with Gasteiger partial charge >= 0.3 is 0 Å². The van der Waals surface area contributed by atoms with Gasteiger partial charge in [0.15, 0.2) is 0 Å². The second-order valence-electron chi connectivity index (χ2n) is 5.52. The molecule has 4 heteroatoms. The summed E-state index contributed by atoms with van der Waals surface area (Å²) in [6.07, 6.45) is 4.82. The zero-order valence-electron chi connectivity index (χ0n) is 13.3. The van der Waals surface area contributed by atoms with E-state index in [-0.39, 0.29) is 5.91 Å². The van der Waals surface area contributed by atoms with E-state index in [0.29, 0.717) is 6.42 Å². The quantitative estimate of drug-likeness (QED) is 0.449. The summed E-state index contributed by atoms with van der Waals surface area (Å²) in [5, 5.41) is 6.30. The number of amides is 1. The number of hydrogen-bond acceptors (Lipinski definition) is 3. The Hall–Kier alpha value is -1.94. The van der Waals surface area contributed by atoms with Crippen LogP contribution in [0, 0.1) is 0 Å². The first-order valence-electron chi connectivity index (χ1n) is 8.12. The molecule has 0 aliphatic rings. The zero-order valence-corrected chi connectivity index (χ0v) is 14.2. The summed E-state index contributed by atoms with van der Waals surface area (Å²) >= 11 is 4.41. The van der Waals surface area contributed by atoms with Crippen molar-refractivity contribution in [3.63, 3.8) is 0 Å². The summed E-state index contributed by atoms with van der Waals surface area (Å²) in [7, 11) is 0. The van der Waals surface area contributed by atoms with Crippen LogP contribution in [0.2, 0.25) is 0 Å². The van der Waals surface area contributed by atoms with Gasteiger partial charge in [0.05, 0.1) is 0 Å². The summed E-state index contributed by atoms with van der Waals surface area (Å²) < 4.78 is 0. The van der Waals surface area contributed by atoms with Crippen molar-refractivity contribution in [2.75, 3.05) is 17.2 Å². The van der Waals surface area contributed by atoms with Crippen molar-refractivity contribution in [3.8, 4) is 0 Å². The molecule has 0 aliphatic carbocycles. The molecule has 2 rings (SSSR count). The van der Waals surface area contributed by atoms with E-state index in [9.17, 15) is 4.79 Å². The van der Waals surface area contributed by atoms with Crippen molar-refractivity contribution in [3.05, 3.63) is 54.6 Å². The highest BCUT2D eigenvalue weighted by atomic mass is 32.1. The van der Waals surface area contributed by atoms with Gasteiger partial charge in [-0.2, -0.15) is 0 Å². The molecule has 0 spiro atoms. The topological polar surface area (TPSA) is 41.1 Å². The van der Waals surface area contributed by atoms with Crippen molar-refractivity contribution in [2.45, 2.75) is 37.0 Å². The van der Waals surface area contributed by atoms with Gasteiger partial charge in [0.1, 0.15) is 0 Å². The van der Waals surface area contributed by atoms with Crippen molar-refractivity contribution in [1.29, 1.82) is 0 Å². The van der Waals surface area contributed by atoms with Crippen LogP contribution in [0.4, 0.5) is 11.4 Å². The third kappa shape index (κ3) is 6.78. The number of carbonyl (C=O) groups excluding carboxylic acids is 1. The molecule has 0 saturated heterocycles. The van der Waals surface area contributed by atoms with Gasteiger partial charge in [-0.25, -0.2) is 0 Å². The molecule has 2 aromatic carbocycles. The summed E-state index contributed by atoms with van der Waals surface area (Å²) in [6, 6.07) is 17.6. The Balaban J connectivity index is 1.51. The Morgan fingerprint density at radius 3 is 2.35 bits per heavy atom. The summed E-state index contributed by atoms with van der Waals surface area (Å²) in [5.41, 5.74) is 1.95. The van der Waals surface area contributed by atoms with E-state index in [1.165, 1.54) is 0 Å². The smallest absolute Gasteiger partial charge is 0.224 e. The third-order valence-electron chi connectivity index (χ3n) is 3.61. The monoisotopic (exact) mass is 328 g/mol. The van der Waals surface area contributed by atoms with Gasteiger partial charge in [0.2, 0.25) is 5.91 Å². The number of rotatable bonds is 9. The van der Waals surface area contributed by atoms with Gasteiger partial charge in [-0.05, 0) is 37.1 Å². The largest absolute Gasteiger partial charge is 0.384 e. The number of para-hydroxylation sites is 2. The molecule has 0 heterocycles. The van der Waals surface area contributed by atoms with Gasteiger partial charge < -0.3 is 10.6 Å². The molecule has 3 nitrogen and oxygen atoms in total. The minimum absolute atomic E-state index is 0.0957. The molecule has 0 radical (unpaired) electrons. The van der Waals surface area contributed by atoms with E-state index in [2.05, 4.69) is 23.3 Å². The average molecular weight is 328 g/mol. The molecule has 0 unspecified atom stereocenters. The average Bonchev–Trinajstić information content (AvgIpc) is 2.56. The number of anilines is 2. The van der Waals surface area contributed by atoms with Crippen molar-refractivity contribution < 1.29 is 4.79 Å². The number of benzene rings is 2. The van der Waals surface area contributed by atoms with E-state index < -0.39 is 0 Å². The second kappa shape index (κ2) is 9.95. The Kier molecular flexibility index (Phi) is 7.54. The number of unbranched alkanes of at least 4 members (excludes halogenated alkanes) is 3. The van der Waals surface area contributed by atoms with Gasteiger partial charge in [-0.3, -0.25) is 4.79 Å². The lowest BCUT2D eigenvalue weighted by molar-refractivity contribution is -0.116. The first-order valence-corrected chi connectivity index (χ1v) is 8.57. The van der Waals surface area contributed by atoms with Crippen LogP contribution < -0.4 is 10.6 Å². The Bertz CT molecular complexity index is 601. The van der Waals surface area contributed by atoms with Crippen molar-refractivity contribution in [2.24, 2.45) is 0 Å². The summed E-state index contributed by atoms with van der Waals surface area (Å²) in [5.74, 6) is 0.0957. The molecular weight excluding hydrogens is 304 g/mol. The molecule has 23 heavy (non-hydrogen) atoms. The lowest BCUT2D eigenvalue weighted by atomic mass is 10.1. The van der Waals surface area contributed by atoms with Gasteiger partial charge in [0.25, 0.3) is 0 Å². The molecule has 0 aromatic heterocycles. The molecule has 122 valence electrons. The fourth-order valence-electron chi connectivity index (χ4n) is 2.36. The van der Waals surface area contributed by atoms with Crippen LogP contribution in [-0.4, -0.2) is 12.5 Å². The standard InChI is InChI=1S/C19H24N2OS/c22-19(21-16-10-4-3-5-11-16)14-6-1-2-9-15-20-17-12-7-8-13-18(17)23/h3-5,7-8,10-13,20,23H,1-2,6,9,14-15H2,(H,21,22). The first kappa shape index (κ1) is 17.4. The van der Waals surface area contributed by atoms with Gasteiger partial charge in [-0.15, -0.1) is 12.6 Å². The molecule has 0 saturated carbocycles. The fraction of sp³-hybridized carbons (Fsp3) is 0.316. The predicted molar refractivity (Wildman–Crippen MR) is 100 cm³/mol. The number of carbonyl (C=O) groups is 1. The maximum Gasteiger partial charge on any atom is 0.224 e. The highest BCUT2D eigenvalue weighted by Crippen LogP contribution is 2.18. The Morgan fingerprint density at radius 1 is 0.870 bits per heavy atom. The van der Waals surface area contributed by atoms with Crippen LogP contribution in [0.1, 0.15) is 32.1 Å². The number of hydrogen-bond donors (Lipinski definition) is 3. The normalized spacial score (nSPS) is 10.3.